The second kappa shape index (κ2) is 5.30. The molecule has 2 rings (SSSR count). The first-order chi connectivity index (χ1) is 8.31. The van der Waals surface area contributed by atoms with Crippen LogP contribution in [0.5, 0.6) is 0 Å². The smallest absolute Gasteiger partial charge is 0.219 e. The quantitative estimate of drug-likeness (QED) is 0.340. The molecule has 0 unspecified atom stereocenters. The number of benzene rings is 2. The summed E-state index contributed by atoms with van der Waals surface area (Å²) in [7, 11) is 0. The zero-order valence-corrected chi connectivity index (χ0v) is 9.84. The zero-order valence-electron chi connectivity index (χ0n) is 9.84. The van der Waals surface area contributed by atoms with Crippen molar-refractivity contribution in [1.82, 2.24) is 0 Å². The number of aryl methyl sites for hydroxylation is 1. The van der Waals surface area contributed by atoms with Gasteiger partial charge in [0.15, 0.2) is 6.21 Å². The van der Waals surface area contributed by atoms with Crippen molar-refractivity contribution in [2.45, 2.75) is 13.3 Å². The Balaban J connectivity index is 2.37. The van der Waals surface area contributed by atoms with Crippen LogP contribution in [0, 0.1) is 5.21 Å². The summed E-state index contributed by atoms with van der Waals surface area (Å²) in [6, 6.07) is 17.3. The van der Waals surface area contributed by atoms with E-state index in [0.717, 1.165) is 28.0 Å². The van der Waals surface area contributed by atoms with Gasteiger partial charge in [-0.3, -0.25) is 0 Å². The third-order valence-corrected chi connectivity index (χ3v) is 2.68. The van der Waals surface area contributed by atoms with E-state index in [1.54, 1.807) is 6.21 Å². The summed E-state index contributed by atoms with van der Waals surface area (Å²) >= 11 is 0. The Morgan fingerprint density at radius 3 is 2.35 bits per heavy atom. The first-order valence-corrected chi connectivity index (χ1v) is 5.75. The van der Waals surface area contributed by atoms with Gasteiger partial charge in [0.2, 0.25) is 5.69 Å². The van der Waals surface area contributed by atoms with Gasteiger partial charge in [0.05, 0.1) is 0 Å². The van der Waals surface area contributed by atoms with Crippen LogP contribution in [0.25, 0.3) is 0 Å². The van der Waals surface area contributed by atoms with Gasteiger partial charge < -0.3 is 5.21 Å². The van der Waals surface area contributed by atoms with Gasteiger partial charge in [-0.25, -0.2) is 0 Å². The van der Waals surface area contributed by atoms with Gasteiger partial charge in [-0.15, -0.1) is 0 Å². The molecule has 2 heteroatoms. The van der Waals surface area contributed by atoms with Crippen molar-refractivity contribution >= 4 is 11.9 Å². The summed E-state index contributed by atoms with van der Waals surface area (Å²) < 4.78 is 0.939. The summed E-state index contributed by atoms with van der Waals surface area (Å²) in [5.74, 6) is 0. The van der Waals surface area contributed by atoms with Gasteiger partial charge in [0.25, 0.3) is 0 Å². The summed E-state index contributed by atoms with van der Waals surface area (Å²) in [6.45, 7) is 2.05. The molecule has 0 fully saturated rings. The highest BCUT2D eigenvalue weighted by Crippen LogP contribution is 2.18. The molecule has 0 bridgehead atoms. The Labute approximate surface area is 101 Å². The Morgan fingerprint density at radius 1 is 1.00 bits per heavy atom. The molecule has 0 aliphatic rings. The lowest BCUT2D eigenvalue weighted by atomic mass is 10.1. The standard InChI is InChI=1S/C15H15NO/c1-2-14-10-6-7-11-15(14)16(17)12-13-8-4-3-5-9-13/h3-12H,2H2,1H3. The van der Waals surface area contributed by atoms with Crippen molar-refractivity contribution in [3.8, 4) is 0 Å². The molecule has 2 aromatic carbocycles. The van der Waals surface area contributed by atoms with Gasteiger partial charge >= 0.3 is 0 Å². The Hall–Kier alpha value is -2.09. The molecule has 2 nitrogen and oxygen atoms in total. The van der Waals surface area contributed by atoms with E-state index in [0.29, 0.717) is 0 Å². The van der Waals surface area contributed by atoms with Crippen LogP contribution in [0.15, 0.2) is 54.6 Å². The Bertz CT molecular complexity index is 517. The average Bonchev–Trinajstić information content (AvgIpc) is 2.40. The summed E-state index contributed by atoms with van der Waals surface area (Å²) in [5.41, 5.74) is 2.70. The lowest BCUT2D eigenvalue weighted by molar-refractivity contribution is -0.355. The number of nitrogens with zero attached hydrogens (tertiary/aromatic N) is 1. The van der Waals surface area contributed by atoms with Crippen LogP contribution in [0.4, 0.5) is 5.69 Å². The molecule has 0 saturated carbocycles. The SMILES string of the molecule is CCc1ccccc1[N+]([O-])=Cc1ccccc1. The predicted molar refractivity (Wildman–Crippen MR) is 70.7 cm³/mol. The van der Waals surface area contributed by atoms with E-state index in [-0.39, 0.29) is 0 Å². The zero-order chi connectivity index (χ0) is 12.1. The lowest BCUT2D eigenvalue weighted by Gasteiger charge is -2.06. The van der Waals surface area contributed by atoms with E-state index in [4.69, 9.17) is 0 Å². The Kier molecular flexibility index (Phi) is 3.55. The van der Waals surface area contributed by atoms with Crippen LogP contribution in [-0.2, 0) is 6.42 Å². The van der Waals surface area contributed by atoms with Crippen molar-refractivity contribution < 1.29 is 4.74 Å². The average molecular weight is 225 g/mol. The fourth-order valence-electron chi connectivity index (χ4n) is 1.77. The minimum absolute atomic E-state index is 0.721. The molecule has 17 heavy (non-hydrogen) atoms. The maximum atomic E-state index is 12.1. The van der Waals surface area contributed by atoms with Gasteiger partial charge in [0.1, 0.15) is 0 Å². The first-order valence-electron chi connectivity index (χ1n) is 5.75. The van der Waals surface area contributed by atoms with E-state index < -0.39 is 0 Å². The van der Waals surface area contributed by atoms with Gasteiger partial charge in [-0.1, -0.05) is 43.3 Å². The van der Waals surface area contributed by atoms with Crippen LogP contribution in [0.2, 0.25) is 0 Å². The van der Waals surface area contributed by atoms with Crippen molar-refractivity contribution in [2.75, 3.05) is 0 Å². The predicted octanol–water partition coefficient (Wildman–Crippen LogP) is 3.51. The highest BCUT2D eigenvalue weighted by atomic mass is 16.5. The first kappa shape index (κ1) is 11.4. The molecule has 0 saturated heterocycles. The molecule has 0 atom stereocenters. The monoisotopic (exact) mass is 225 g/mol. The van der Waals surface area contributed by atoms with Crippen molar-refractivity contribution in [1.29, 1.82) is 0 Å². The minimum atomic E-state index is 0.721. The number of para-hydroxylation sites is 1. The fourth-order valence-corrected chi connectivity index (χ4v) is 1.77. The second-order valence-corrected chi connectivity index (χ2v) is 3.85. The molecule has 0 radical (unpaired) electrons. The third-order valence-electron chi connectivity index (χ3n) is 2.68. The molecule has 0 spiro atoms. The molecule has 0 amide bonds. The number of hydrogen-bond donors (Lipinski definition) is 0. The highest BCUT2D eigenvalue weighted by Gasteiger charge is 2.06. The van der Waals surface area contributed by atoms with E-state index in [9.17, 15) is 5.21 Å². The normalized spacial score (nSPS) is 11.5. The topological polar surface area (TPSA) is 26.1 Å². The van der Waals surface area contributed by atoms with Crippen molar-refractivity contribution in [3.05, 3.63) is 70.9 Å². The fraction of sp³-hybridized carbons (Fsp3) is 0.133. The molecule has 0 aliphatic heterocycles. The number of rotatable bonds is 3. The van der Waals surface area contributed by atoms with Gasteiger partial charge in [-0.2, -0.15) is 4.74 Å². The molecule has 86 valence electrons. The molecule has 0 aliphatic carbocycles. The largest absolute Gasteiger partial charge is 0.618 e. The lowest BCUT2D eigenvalue weighted by Crippen LogP contribution is -2.01. The van der Waals surface area contributed by atoms with Crippen molar-refractivity contribution in [3.63, 3.8) is 0 Å². The van der Waals surface area contributed by atoms with Gasteiger partial charge in [-0.05, 0) is 18.6 Å². The Morgan fingerprint density at radius 2 is 1.65 bits per heavy atom. The van der Waals surface area contributed by atoms with E-state index in [1.165, 1.54) is 0 Å². The second-order valence-electron chi connectivity index (χ2n) is 3.85. The molecule has 0 N–H and O–H groups in total. The highest BCUT2D eigenvalue weighted by molar-refractivity contribution is 5.76. The molecular formula is C15H15NO. The molecule has 0 aromatic heterocycles. The van der Waals surface area contributed by atoms with Crippen LogP contribution in [0.3, 0.4) is 0 Å². The van der Waals surface area contributed by atoms with Crippen LogP contribution in [-0.4, -0.2) is 11.0 Å². The molecule has 2 aromatic rings. The van der Waals surface area contributed by atoms with E-state index in [2.05, 4.69) is 6.92 Å². The van der Waals surface area contributed by atoms with E-state index in [1.807, 2.05) is 54.6 Å². The molecular weight excluding hydrogens is 210 g/mol. The van der Waals surface area contributed by atoms with Crippen LogP contribution >= 0.6 is 0 Å². The summed E-state index contributed by atoms with van der Waals surface area (Å²) in [5, 5.41) is 12.1. The minimum Gasteiger partial charge on any atom is -0.618 e. The summed E-state index contributed by atoms with van der Waals surface area (Å²) in [4.78, 5) is 0. The molecule has 0 heterocycles. The van der Waals surface area contributed by atoms with Crippen LogP contribution in [0.1, 0.15) is 18.1 Å². The van der Waals surface area contributed by atoms with Crippen LogP contribution < -0.4 is 0 Å². The summed E-state index contributed by atoms with van der Waals surface area (Å²) in [6.07, 6.45) is 2.46. The maximum absolute atomic E-state index is 12.1. The van der Waals surface area contributed by atoms with Gasteiger partial charge in [0, 0.05) is 17.2 Å². The maximum Gasteiger partial charge on any atom is 0.219 e. The van der Waals surface area contributed by atoms with Crippen molar-refractivity contribution in [2.24, 2.45) is 0 Å². The number of hydrogen-bond acceptors (Lipinski definition) is 1. The third kappa shape index (κ3) is 2.72. The van der Waals surface area contributed by atoms with E-state index >= 15 is 0 Å².